The summed E-state index contributed by atoms with van der Waals surface area (Å²) < 4.78 is 10.5. The summed E-state index contributed by atoms with van der Waals surface area (Å²) in [5, 5.41) is 2.81. The topological polar surface area (TPSA) is 73.6 Å². The zero-order chi connectivity index (χ0) is 13.5. The summed E-state index contributed by atoms with van der Waals surface area (Å²) in [5.74, 6) is 1.19. The Labute approximate surface area is 119 Å². The number of hydrogen-bond acceptors (Lipinski definition) is 4. The Morgan fingerprint density at radius 1 is 1.32 bits per heavy atom. The molecule has 19 heavy (non-hydrogen) atoms. The van der Waals surface area contributed by atoms with Crippen LogP contribution in [0.5, 0.6) is 11.5 Å². The molecule has 1 aromatic carbocycles. The molecule has 0 radical (unpaired) electrons. The molecule has 1 atom stereocenters. The van der Waals surface area contributed by atoms with Crippen LogP contribution >= 0.6 is 12.4 Å². The van der Waals surface area contributed by atoms with Gasteiger partial charge in [0.2, 0.25) is 5.91 Å². The van der Waals surface area contributed by atoms with E-state index in [-0.39, 0.29) is 30.8 Å². The van der Waals surface area contributed by atoms with Crippen molar-refractivity contribution >= 4 is 18.3 Å². The molecule has 0 aliphatic heterocycles. The molecule has 0 aliphatic carbocycles. The minimum atomic E-state index is -0.101. The normalized spacial score (nSPS) is 11.2. The lowest BCUT2D eigenvalue weighted by Gasteiger charge is -2.15. The van der Waals surface area contributed by atoms with E-state index < -0.39 is 0 Å². The number of carbonyl (C=O) groups is 1. The first kappa shape index (κ1) is 17.5. The number of halogens is 1. The summed E-state index contributed by atoms with van der Waals surface area (Å²) in [4.78, 5) is 11.8. The first-order valence-corrected chi connectivity index (χ1v) is 5.81. The lowest BCUT2D eigenvalue weighted by atomic mass is 10.1. The van der Waals surface area contributed by atoms with Gasteiger partial charge in [0.1, 0.15) is 11.5 Å². The molecule has 1 aromatic rings. The Morgan fingerprint density at radius 2 is 1.84 bits per heavy atom. The molecule has 0 unspecified atom stereocenters. The predicted octanol–water partition coefficient (Wildman–Crippen LogP) is 1.13. The van der Waals surface area contributed by atoms with Crippen LogP contribution in [0.15, 0.2) is 18.2 Å². The molecular weight excluding hydrogens is 268 g/mol. The highest BCUT2D eigenvalue weighted by molar-refractivity contribution is 5.85. The predicted molar refractivity (Wildman–Crippen MR) is 77.2 cm³/mol. The van der Waals surface area contributed by atoms with E-state index >= 15 is 0 Å². The highest BCUT2D eigenvalue weighted by Gasteiger charge is 2.14. The van der Waals surface area contributed by atoms with Crippen LogP contribution in [0.25, 0.3) is 0 Å². The van der Waals surface area contributed by atoms with Gasteiger partial charge in [-0.05, 0) is 19.1 Å². The number of rotatable bonds is 6. The van der Waals surface area contributed by atoms with Crippen molar-refractivity contribution in [3.05, 3.63) is 23.8 Å². The fourth-order valence-corrected chi connectivity index (χ4v) is 1.65. The Kier molecular flexibility index (Phi) is 7.95. The van der Waals surface area contributed by atoms with E-state index in [1.807, 2.05) is 13.0 Å². The average Bonchev–Trinajstić information content (AvgIpc) is 2.38. The summed E-state index contributed by atoms with van der Waals surface area (Å²) >= 11 is 0. The largest absolute Gasteiger partial charge is 0.496 e. The number of nitrogens with one attached hydrogen (secondary N) is 1. The zero-order valence-corrected chi connectivity index (χ0v) is 12.3. The van der Waals surface area contributed by atoms with Crippen molar-refractivity contribution in [3.8, 4) is 11.5 Å². The van der Waals surface area contributed by atoms with Crippen molar-refractivity contribution in [1.82, 2.24) is 5.32 Å². The Hall–Kier alpha value is -1.46. The van der Waals surface area contributed by atoms with Crippen LogP contribution in [0, 0.1) is 0 Å². The minimum Gasteiger partial charge on any atom is -0.496 e. The Morgan fingerprint density at radius 3 is 2.26 bits per heavy atom. The summed E-state index contributed by atoms with van der Waals surface area (Å²) in [5.41, 5.74) is 6.20. The molecule has 0 saturated carbocycles. The Balaban J connectivity index is 0.00000324. The van der Waals surface area contributed by atoms with E-state index in [2.05, 4.69) is 5.32 Å². The van der Waals surface area contributed by atoms with Crippen LogP contribution < -0.4 is 20.5 Å². The van der Waals surface area contributed by atoms with Gasteiger partial charge in [0.25, 0.3) is 0 Å². The van der Waals surface area contributed by atoms with Gasteiger partial charge in [-0.2, -0.15) is 0 Å². The molecule has 1 rings (SSSR count). The van der Waals surface area contributed by atoms with E-state index in [9.17, 15) is 4.79 Å². The van der Waals surface area contributed by atoms with Crippen molar-refractivity contribution < 1.29 is 14.3 Å². The second kappa shape index (κ2) is 8.61. The quantitative estimate of drug-likeness (QED) is 0.823. The van der Waals surface area contributed by atoms with Gasteiger partial charge in [0, 0.05) is 18.2 Å². The first-order chi connectivity index (χ1) is 8.62. The third-order valence-electron chi connectivity index (χ3n) is 2.63. The van der Waals surface area contributed by atoms with Crippen LogP contribution in [0.2, 0.25) is 0 Å². The lowest BCUT2D eigenvalue weighted by Crippen LogP contribution is -2.38. The molecule has 5 nitrogen and oxygen atoms in total. The van der Waals surface area contributed by atoms with Gasteiger partial charge in [0.05, 0.1) is 20.6 Å². The van der Waals surface area contributed by atoms with E-state index in [0.29, 0.717) is 18.0 Å². The molecule has 1 amide bonds. The SMILES string of the molecule is COc1cccc(OC)c1CC(=O)N[C@@H](C)CN.Cl. The van der Waals surface area contributed by atoms with Gasteiger partial charge in [-0.25, -0.2) is 0 Å². The number of benzene rings is 1. The van der Waals surface area contributed by atoms with Crippen molar-refractivity contribution in [2.75, 3.05) is 20.8 Å². The van der Waals surface area contributed by atoms with E-state index in [4.69, 9.17) is 15.2 Å². The highest BCUT2D eigenvalue weighted by Crippen LogP contribution is 2.28. The first-order valence-electron chi connectivity index (χ1n) is 5.81. The van der Waals surface area contributed by atoms with Crippen LogP contribution in [0.3, 0.4) is 0 Å². The average molecular weight is 289 g/mol. The van der Waals surface area contributed by atoms with Gasteiger partial charge in [-0.1, -0.05) is 6.07 Å². The fraction of sp³-hybridized carbons (Fsp3) is 0.462. The number of carbonyl (C=O) groups excluding carboxylic acids is 1. The number of ether oxygens (including phenoxy) is 2. The Bertz CT molecular complexity index is 391. The number of nitrogens with two attached hydrogens (primary N) is 1. The maximum absolute atomic E-state index is 11.8. The van der Waals surface area contributed by atoms with Crippen LogP contribution in [0.4, 0.5) is 0 Å². The second-order valence-electron chi connectivity index (χ2n) is 4.02. The molecule has 0 spiro atoms. The summed E-state index contributed by atoms with van der Waals surface area (Å²) in [6, 6.07) is 5.38. The molecule has 6 heteroatoms. The van der Waals surface area contributed by atoms with Crippen molar-refractivity contribution in [1.29, 1.82) is 0 Å². The van der Waals surface area contributed by atoms with E-state index in [1.54, 1.807) is 26.4 Å². The summed E-state index contributed by atoms with van der Waals surface area (Å²) in [6.07, 6.45) is 0.206. The summed E-state index contributed by atoms with van der Waals surface area (Å²) in [6.45, 7) is 2.27. The summed E-state index contributed by atoms with van der Waals surface area (Å²) in [7, 11) is 3.14. The van der Waals surface area contributed by atoms with Gasteiger partial charge >= 0.3 is 0 Å². The third-order valence-corrected chi connectivity index (χ3v) is 2.63. The van der Waals surface area contributed by atoms with Crippen molar-refractivity contribution in [2.45, 2.75) is 19.4 Å². The molecule has 0 aromatic heterocycles. The molecule has 108 valence electrons. The van der Waals surface area contributed by atoms with Crippen LogP contribution in [0.1, 0.15) is 12.5 Å². The zero-order valence-electron chi connectivity index (χ0n) is 11.4. The monoisotopic (exact) mass is 288 g/mol. The molecule has 0 aliphatic rings. The highest BCUT2D eigenvalue weighted by atomic mass is 35.5. The lowest BCUT2D eigenvalue weighted by molar-refractivity contribution is -0.121. The van der Waals surface area contributed by atoms with Gasteiger partial charge in [0.15, 0.2) is 0 Å². The third kappa shape index (κ3) is 4.96. The van der Waals surface area contributed by atoms with Crippen molar-refractivity contribution in [2.24, 2.45) is 5.73 Å². The van der Waals surface area contributed by atoms with Crippen LogP contribution in [-0.4, -0.2) is 32.7 Å². The fourth-order valence-electron chi connectivity index (χ4n) is 1.65. The molecule has 0 bridgehead atoms. The minimum absolute atomic E-state index is 0. The number of amides is 1. The second-order valence-corrected chi connectivity index (χ2v) is 4.02. The molecule has 0 saturated heterocycles. The van der Waals surface area contributed by atoms with Crippen molar-refractivity contribution in [3.63, 3.8) is 0 Å². The standard InChI is InChI=1S/C13H20N2O3.ClH/c1-9(8-14)15-13(16)7-10-11(17-2)5-4-6-12(10)18-3;/h4-6,9H,7-8,14H2,1-3H3,(H,15,16);1H/t9-;/m0./s1. The smallest absolute Gasteiger partial charge is 0.224 e. The number of hydrogen-bond donors (Lipinski definition) is 2. The maximum Gasteiger partial charge on any atom is 0.224 e. The number of methoxy groups -OCH3 is 2. The molecular formula is C13H21ClN2O3. The molecule has 3 N–H and O–H groups in total. The maximum atomic E-state index is 11.8. The van der Waals surface area contributed by atoms with E-state index in [1.165, 1.54) is 0 Å². The van der Waals surface area contributed by atoms with E-state index in [0.717, 1.165) is 5.56 Å². The van der Waals surface area contributed by atoms with Crippen LogP contribution in [-0.2, 0) is 11.2 Å². The van der Waals surface area contributed by atoms with Gasteiger partial charge in [-0.3, -0.25) is 4.79 Å². The molecule has 0 fully saturated rings. The van der Waals surface area contributed by atoms with Gasteiger partial charge in [-0.15, -0.1) is 12.4 Å². The molecule has 0 heterocycles. The van der Waals surface area contributed by atoms with Gasteiger partial charge < -0.3 is 20.5 Å².